The molecule has 1 unspecified atom stereocenters. The smallest absolute Gasteiger partial charge is 0.410 e. The summed E-state index contributed by atoms with van der Waals surface area (Å²) < 4.78 is 5.15. The van der Waals surface area contributed by atoms with Crippen molar-refractivity contribution in [3.8, 4) is 0 Å². The van der Waals surface area contributed by atoms with Crippen LogP contribution in [0.5, 0.6) is 0 Å². The highest BCUT2D eigenvalue weighted by Gasteiger charge is 2.28. The van der Waals surface area contributed by atoms with E-state index in [0.717, 1.165) is 5.56 Å². The highest BCUT2D eigenvalue weighted by atomic mass is 16.6. The zero-order chi connectivity index (χ0) is 14.0. The molecular weight excluding hydrogens is 226 g/mol. The van der Waals surface area contributed by atoms with E-state index in [4.69, 9.17) is 4.74 Å². The summed E-state index contributed by atoms with van der Waals surface area (Å²) in [6.45, 7) is 8.89. The zero-order valence-electron chi connectivity index (χ0n) is 12.1. The second-order valence-electron chi connectivity index (χ2n) is 3.87. The molecule has 1 atom stereocenters. The highest BCUT2D eigenvalue weighted by Crippen LogP contribution is 2.24. The molecule has 0 N–H and O–H groups in total. The van der Waals surface area contributed by atoms with Gasteiger partial charge < -0.3 is 9.64 Å². The fourth-order valence-electron chi connectivity index (χ4n) is 1.41. The first-order chi connectivity index (χ1) is 8.69. The number of benzene rings is 1. The van der Waals surface area contributed by atoms with Crippen molar-refractivity contribution in [2.24, 2.45) is 0 Å². The molecule has 1 amide bonds. The third-order valence-electron chi connectivity index (χ3n) is 2.17. The van der Waals surface area contributed by atoms with Crippen LogP contribution in [-0.4, -0.2) is 24.6 Å². The van der Waals surface area contributed by atoms with Crippen LogP contribution in [-0.2, 0) is 4.74 Å². The molecule has 1 heterocycles. The van der Waals surface area contributed by atoms with E-state index in [1.165, 1.54) is 6.42 Å². The van der Waals surface area contributed by atoms with E-state index in [-0.39, 0.29) is 12.2 Å². The van der Waals surface area contributed by atoms with E-state index >= 15 is 0 Å². The number of carbonyl (C=O) groups is 1. The van der Waals surface area contributed by atoms with Crippen LogP contribution >= 0.6 is 0 Å². The average molecular weight is 251 g/mol. The summed E-state index contributed by atoms with van der Waals surface area (Å²) in [4.78, 5) is 12.6. The summed E-state index contributed by atoms with van der Waals surface area (Å²) in [5, 5.41) is 0. The molecule has 1 saturated heterocycles. The van der Waals surface area contributed by atoms with Crippen molar-refractivity contribution in [2.75, 3.05) is 13.6 Å². The number of likely N-dealkylation sites (N-methyl/N-ethyl adjacent to an activating group) is 1. The van der Waals surface area contributed by atoms with Crippen LogP contribution < -0.4 is 0 Å². The van der Waals surface area contributed by atoms with E-state index in [0.29, 0.717) is 6.54 Å². The van der Waals surface area contributed by atoms with Crippen LogP contribution in [0.2, 0.25) is 0 Å². The Morgan fingerprint density at radius 3 is 2.11 bits per heavy atom. The van der Waals surface area contributed by atoms with Crippen molar-refractivity contribution < 1.29 is 9.53 Å². The van der Waals surface area contributed by atoms with Crippen molar-refractivity contribution in [2.45, 2.75) is 40.2 Å². The molecule has 2 rings (SSSR count). The first-order valence-corrected chi connectivity index (χ1v) is 6.65. The second-order valence-corrected chi connectivity index (χ2v) is 3.87. The Kier molecular flexibility index (Phi) is 8.71. The van der Waals surface area contributed by atoms with Crippen molar-refractivity contribution in [1.29, 1.82) is 0 Å². The van der Waals surface area contributed by atoms with Crippen LogP contribution in [0.4, 0.5) is 4.79 Å². The van der Waals surface area contributed by atoms with Gasteiger partial charge in [-0.05, 0) is 5.56 Å². The first-order valence-electron chi connectivity index (χ1n) is 6.65. The minimum Gasteiger partial charge on any atom is -0.439 e. The first kappa shape index (κ1) is 16.5. The molecule has 3 heteroatoms. The van der Waals surface area contributed by atoms with Gasteiger partial charge in [0.1, 0.15) is 6.10 Å². The average Bonchev–Trinajstić information content (AvgIpc) is 2.74. The molecule has 0 bridgehead atoms. The van der Waals surface area contributed by atoms with Gasteiger partial charge in [-0.2, -0.15) is 0 Å². The van der Waals surface area contributed by atoms with Gasteiger partial charge in [0.25, 0.3) is 0 Å². The summed E-state index contributed by atoms with van der Waals surface area (Å²) in [7, 11) is 1.74. The van der Waals surface area contributed by atoms with Gasteiger partial charge in [-0.1, -0.05) is 64.4 Å². The van der Waals surface area contributed by atoms with E-state index < -0.39 is 0 Å². The lowest BCUT2D eigenvalue weighted by Gasteiger charge is -2.06. The summed E-state index contributed by atoms with van der Waals surface area (Å²) in [5.41, 5.74) is 1.06. The maximum atomic E-state index is 11.1. The maximum absolute atomic E-state index is 11.1. The summed E-state index contributed by atoms with van der Waals surface area (Å²) in [6.07, 6.45) is 0.910. The lowest BCUT2D eigenvalue weighted by atomic mass is 10.1. The van der Waals surface area contributed by atoms with Gasteiger partial charge in [0.2, 0.25) is 0 Å². The fraction of sp³-hybridized carbons (Fsp3) is 0.533. The Morgan fingerprint density at radius 2 is 1.72 bits per heavy atom. The number of carbonyl (C=O) groups excluding carboxylic acids is 1. The van der Waals surface area contributed by atoms with Gasteiger partial charge in [0.15, 0.2) is 0 Å². The molecule has 1 aromatic carbocycles. The molecule has 3 nitrogen and oxygen atoms in total. The third kappa shape index (κ3) is 5.21. The Bertz CT molecular complexity index is 325. The van der Waals surface area contributed by atoms with Crippen LogP contribution in [0.3, 0.4) is 0 Å². The minimum atomic E-state index is -0.242. The van der Waals surface area contributed by atoms with Crippen molar-refractivity contribution in [1.82, 2.24) is 4.90 Å². The molecule has 0 aliphatic carbocycles. The summed E-state index contributed by atoms with van der Waals surface area (Å²) in [6, 6.07) is 9.78. The van der Waals surface area contributed by atoms with Crippen molar-refractivity contribution in [3.63, 3.8) is 0 Å². The predicted molar refractivity (Wildman–Crippen MR) is 75.6 cm³/mol. The van der Waals surface area contributed by atoms with Gasteiger partial charge in [-0.3, -0.25) is 0 Å². The van der Waals surface area contributed by atoms with E-state index in [2.05, 4.69) is 13.8 Å². The molecule has 102 valence electrons. The van der Waals surface area contributed by atoms with Crippen LogP contribution in [0, 0.1) is 0 Å². The van der Waals surface area contributed by atoms with Gasteiger partial charge >= 0.3 is 6.09 Å². The molecule has 1 aliphatic heterocycles. The normalized spacial score (nSPS) is 17.1. The third-order valence-corrected chi connectivity index (χ3v) is 2.17. The minimum absolute atomic E-state index is 0.0984. The molecule has 18 heavy (non-hydrogen) atoms. The molecule has 0 aromatic heterocycles. The summed E-state index contributed by atoms with van der Waals surface area (Å²) in [5.74, 6) is 0. The topological polar surface area (TPSA) is 29.5 Å². The van der Waals surface area contributed by atoms with Gasteiger partial charge in [0, 0.05) is 7.05 Å². The Balaban J connectivity index is 0.000000509. The van der Waals surface area contributed by atoms with E-state index in [9.17, 15) is 4.79 Å². The monoisotopic (exact) mass is 251 g/mol. The molecule has 0 saturated carbocycles. The molecular formula is C15H25NO2. The lowest BCUT2D eigenvalue weighted by Crippen LogP contribution is -2.17. The second kappa shape index (κ2) is 9.51. The van der Waals surface area contributed by atoms with Gasteiger partial charge in [-0.25, -0.2) is 4.79 Å². The molecule has 1 aliphatic rings. The quantitative estimate of drug-likeness (QED) is 0.746. The van der Waals surface area contributed by atoms with Crippen LogP contribution in [0.1, 0.15) is 45.8 Å². The largest absolute Gasteiger partial charge is 0.439 e. The Morgan fingerprint density at radius 1 is 1.22 bits per heavy atom. The number of hydrogen-bond donors (Lipinski definition) is 0. The molecule has 0 spiro atoms. The Hall–Kier alpha value is -1.51. The fourth-order valence-corrected chi connectivity index (χ4v) is 1.41. The number of cyclic esters (lactones) is 1. The predicted octanol–water partition coefficient (Wildman–Crippen LogP) is 4.25. The SMILES string of the molecule is CC.CCC.CN1CC(c2ccccc2)OC1=O. The molecule has 0 radical (unpaired) electrons. The van der Waals surface area contributed by atoms with Crippen molar-refractivity contribution in [3.05, 3.63) is 35.9 Å². The number of hydrogen-bond acceptors (Lipinski definition) is 2. The Labute approximate surface area is 111 Å². The van der Waals surface area contributed by atoms with Gasteiger partial charge in [0.05, 0.1) is 6.54 Å². The standard InChI is InChI=1S/C10H11NO2.C3H8.C2H6/c1-11-7-9(13-10(11)12)8-5-3-2-4-6-8;1-3-2;1-2/h2-6,9H,7H2,1H3;3H2,1-2H3;1-2H3. The van der Waals surface area contributed by atoms with Gasteiger partial charge in [-0.15, -0.1) is 0 Å². The maximum Gasteiger partial charge on any atom is 0.410 e. The molecule has 1 fully saturated rings. The number of amides is 1. The van der Waals surface area contributed by atoms with Crippen LogP contribution in [0.25, 0.3) is 0 Å². The number of rotatable bonds is 1. The molecule has 1 aromatic rings. The number of ether oxygens (including phenoxy) is 1. The number of nitrogens with zero attached hydrogens (tertiary/aromatic N) is 1. The van der Waals surface area contributed by atoms with E-state index in [1.54, 1.807) is 11.9 Å². The summed E-state index contributed by atoms with van der Waals surface area (Å²) >= 11 is 0. The lowest BCUT2D eigenvalue weighted by molar-refractivity contribution is 0.135. The zero-order valence-corrected chi connectivity index (χ0v) is 12.1. The van der Waals surface area contributed by atoms with Crippen LogP contribution in [0.15, 0.2) is 30.3 Å². The van der Waals surface area contributed by atoms with E-state index in [1.807, 2.05) is 44.2 Å². The van der Waals surface area contributed by atoms with Crippen molar-refractivity contribution >= 4 is 6.09 Å². The highest BCUT2D eigenvalue weighted by molar-refractivity contribution is 5.69.